The number of carbonyl (C=O) groups is 1. The summed E-state index contributed by atoms with van der Waals surface area (Å²) in [6.45, 7) is 2.18. The zero-order valence-corrected chi connectivity index (χ0v) is 19.8. The van der Waals surface area contributed by atoms with Gasteiger partial charge in [0.05, 0.1) is 20.5 Å². The van der Waals surface area contributed by atoms with Crippen molar-refractivity contribution in [3.05, 3.63) is 48.0 Å². The van der Waals surface area contributed by atoms with Gasteiger partial charge in [0.2, 0.25) is 10.0 Å². The van der Waals surface area contributed by atoms with Crippen LogP contribution in [0.4, 0.5) is 11.4 Å². The minimum Gasteiger partial charge on any atom is -0.493 e. The maximum absolute atomic E-state index is 12.5. The van der Waals surface area contributed by atoms with Gasteiger partial charge in [-0.1, -0.05) is 0 Å². The third-order valence-corrected chi connectivity index (χ3v) is 6.58. The molecule has 2 aromatic carbocycles. The zero-order valence-electron chi connectivity index (χ0n) is 18.1. The standard InChI is InChI=1S/C21H26N4O5S2/c1-29-18-9-4-15(14-19(18)30-2)20(26)23-21(31)22-16-5-7-17(8-6-16)24-10-12-25(13-11-24)32(3,27)28/h4-9,14H,10-13H2,1-3H3,(H2,22,23,26,31). The maximum atomic E-state index is 12.5. The largest absolute Gasteiger partial charge is 0.493 e. The molecule has 2 aromatic rings. The second-order valence-electron chi connectivity index (χ2n) is 7.17. The van der Waals surface area contributed by atoms with Crippen LogP contribution in [0, 0.1) is 0 Å². The summed E-state index contributed by atoms with van der Waals surface area (Å²) in [5.41, 5.74) is 2.10. The van der Waals surface area contributed by atoms with Crippen LogP contribution in [0.2, 0.25) is 0 Å². The molecule has 0 spiro atoms. The molecule has 172 valence electrons. The molecule has 32 heavy (non-hydrogen) atoms. The lowest BCUT2D eigenvalue weighted by Gasteiger charge is -2.34. The molecule has 1 heterocycles. The number of hydrogen-bond acceptors (Lipinski definition) is 7. The molecule has 1 aliphatic rings. The zero-order chi connectivity index (χ0) is 23.3. The van der Waals surface area contributed by atoms with Crippen LogP contribution in [0.25, 0.3) is 0 Å². The van der Waals surface area contributed by atoms with Crippen molar-refractivity contribution < 1.29 is 22.7 Å². The summed E-state index contributed by atoms with van der Waals surface area (Å²) >= 11 is 5.26. The van der Waals surface area contributed by atoms with Gasteiger partial charge in [-0.25, -0.2) is 8.42 Å². The normalized spacial score (nSPS) is 14.5. The van der Waals surface area contributed by atoms with E-state index in [4.69, 9.17) is 21.7 Å². The van der Waals surface area contributed by atoms with Crippen molar-refractivity contribution in [1.29, 1.82) is 0 Å². The van der Waals surface area contributed by atoms with Crippen molar-refractivity contribution in [1.82, 2.24) is 9.62 Å². The van der Waals surface area contributed by atoms with Crippen LogP contribution < -0.4 is 25.0 Å². The fourth-order valence-electron chi connectivity index (χ4n) is 3.35. The van der Waals surface area contributed by atoms with Crippen molar-refractivity contribution in [2.75, 3.05) is 56.9 Å². The van der Waals surface area contributed by atoms with E-state index in [1.165, 1.54) is 24.8 Å². The fourth-order valence-corrected chi connectivity index (χ4v) is 4.39. The van der Waals surface area contributed by atoms with Gasteiger partial charge in [0, 0.05) is 43.1 Å². The van der Waals surface area contributed by atoms with Gasteiger partial charge in [0.15, 0.2) is 16.6 Å². The van der Waals surface area contributed by atoms with Gasteiger partial charge >= 0.3 is 0 Å². The number of ether oxygens (including phenoxy) is 2. The SMILES string of the molecule is COc1ccc(C(=O)NC(=S)Nc2ccc(N3CCN(S(C)(=O)=O)CC3)cc2)cc1OC. The van der Waals surface area contributed by atoms with Gasteiger partial charge in [-0.3, -0.25) is 10.1 Å². The minimum atomic E-state index is -3.15. The fraction of sp³-hybridized carbons (Fsp3) is 0.333. The third-order valence-electron chi connectivity index (χ3n) is 5.07. The number of hydrogen-bond donors (Lipinski definition) is 2. The van der Waals surface area contributed by atoms with E-state index in [1.54, 1.807) is 18.2 Å². The van der Waals surface area contributed by atoms with Gasteiger partial charge in [-0.2, -0.15) is 4.31 Å². The average molecular weight is 479 g/mol. The molecule has 1 saturated heterocycles. The number of sulfonamides is 1. The van der Waals surface area contributed by atoms with Crippen molar-refractivity contribution in [2.24, 2.45) is 0 Å². The Kier molecular flexibility index (Phi) is 7.54. The Labute approximate surface area is 193 Å². The quantitative estimate of drug-likeness (QED) is 0.608. The lowest BCUT2D eigenvalue weighted by atomic mass is 10.2. The Morgan fingerprint density at radius 2 is 1.59 bits per heavy atom. The highest BCUT2D eigenvalue weighted by molar-refractivity contribution is 7.88. The second-order valence-corrected chi connectivity index (χ2v) is 9.56. The number of carbonyl (C=O) groups excluding carboxylic acids is 1. The van der Waals surface area contributed by atoms with Crippen molar-refractivity contribution in [3.8, 4) is 11.5 Å². The van der Waals surface area contributed by atoms with Crippen molar-refractivity contribution >= 4 is 44.6 Å². The van der Waals surface area contributed by atoms with E-state index >= 15 is 0 Å². The van der Waals surface area contributed by atoms with Gasteiger partial charge in [0.1, 0.15) is 0 Å². The van der Waals surface area contributed by atoms with Crippen molar-refractivity contribution in [3.63, 3.8) is 0 Å². The van der Waals surface area contributed by atoms with E-state index in [-0.39, 0.29) is 11.0 Å². The van der Waals surface area contributed by atoms with Crippen LogP contribution in [0.5, 0.6) is 11.5 Å². The Morgan fingerprint density at radius 3 is 2.16 bits per heavy atom. The number of nitrogens with zero attached hydrogens (tertiary/aromatic N) is 2. The van der Waals surface area contributed by atoms with Crippen LogP contribution in [0.1, 0.15) is 10.4 Å². The summed E-state index contributed by atoms with van der Waals surface area (Å²) in [6, 6.07) is 12.4. The second kappa shape index (κ2) is 10.2. The maximum Gasteiger partial charge on any atom is 0.257 e. The number of benzene rings is 2. The number of piperazine rings is 1. The van der Waals surface area contributed by atoms with E-state index < -0.39 is 10.0 Å². The number of amides is 1. The number of nitrogens with one attached hydrogen (secondary N) is 2. The van der Waals surface area contributed by atoms with E-state index in [2.05, 4.69) is 15.5 Å². The number of methoxy groups -OCH3 is 2. The summed E-state index contributed by atoms with van der Waals surface area (Å²) in [4.78, 5) is 14.6. The van der Waals surface area contributed by atoms with Crippen LogP contribution in [-0.4, -0.2) is 70.4 Å². The molecular weight excluding hydrogens is 452 g/mol. The molecule has 0 aliphatic carbocycles. The molecule has 0 aromatic heterocycles. The van der Waals surface area contributed by atoms with Crippen LogP contribution in [0.15, 0.2) is 42.5 Å². The molecule has 0 unspecified atom stereocenters. The van der Waals surface area contributed by atoms with Crippen LogP contribution >= 0.6 is 12.2 Å². The molecule has 1 fully saturated rings. The Balaban J connectivity index is 1.55. The molecule has 0 bridgehead atoms. The van der Waals surface area contributed by atoms with E-state index in [1.807, 2.05) is 24.3 Å². The molecule has 0 saturated carbocycles. The smallest absolute Gasteiger partial charge is 0.257 e. The van der Waals surface area contributed by atoms with Gasteiger partial charge in [0.25, 0.3) is 5.91 Å². The van der Waals surface area contributed by atoms with E-state index in [0.29, 0.717) is 43.2 Å². The first kappa shape index (κ1) is 23.8. The van der Waals surface area contributed by atoms with Gasteiger partial charge in [-0.05, 0) is 54.7 Å². The first-order valence-electron chi connectivity index (χ1n) is 9.86. The first-order valence-corrected chi connectivity index (χ1v) is 12.1. The van der Waals surface area contributed by atoms with Crippen LogP contribution in [-0.2, 0) is 10.0 Å². The Hall–Kier alpha value is -2.89. The molecule has 11 heteroatoms. The molecule has 3 rings (SSSR count). The molecule has 9 nitrogen and oxygen atoms in total. The third kappa shape index (κ3) is 5.87. The average Bonchev–Trinajstić information content (AvgIpc) is 2.78. The predicted octanol–water partition coefficient (Wildman–Crippen LogP) is 1.91. The summed E-state index contributed by atoms with van der Waals surface area (Å²) in [6.07, 6.45) is 1.23. The summed E-state index contributed by atoms with van der Waals surface area (Å²) in [5, 5.41) is 5.80. The van der Waals surface area contributed by atoms with Gasteiger partial charge in [-0.15, -0.1) is 0 Å². The lowest BCUT2D eigenvalue weighted by molar-refractivity contribution is 0.0977. The number of rotatable bonds is 6. The van der Waals surface area contributed by atoms with Gasteiger partial charge < -0.3 is 19.7 Å². The monoisotopic (exact) mass is 478 g/mol. The topological polar surface area (TPSA) is 100 Å². The Bertz CT molecular complexity index is 1080. The highest BCUT2D eigenvalue weighted by Gasteiger charge is 2.23. The Morgan fingerprint density at radius 1 is 0.969 bits per heavy atom. The molecule has 2 N–H and O–H groups in total. The molecule has 1 amide bonds. The minimum absolute atomic E-state index is 0.166. The molecule has 1 aliphatic heterocycles. The number of thiocarbonyl (C=S) groups is 1. The highest BCUT2D eigenvalue weighted by Crippen LogP contribution is 2.27. The lowest BCUT2D eigenvalue weighted by Crippen LogP contribution is -2.48. The number of anilines is 2. The van der Waals surface area contributed by atoms with Crippen molar-refractivity contribution in [2.45, 2.75) is 0 Å². The van der Waals surface area contributed by atoms with E-state index in [9.17, 15) is 13.2 Å². The summed E-state index contributed by atoms with van der Waals surface area (Å²) in [7, 11) is -0.129. The molecule has 0 radical (unpaired) electrons. The first-order chi connectivity index (χ1) is 15.2. The summed E-state index contributed by atoms with van der Waals surface area (Å²) in [5.74, 6) is 0.610. The van der Waals surface area contributed by atoms with Crippen LogP contribution in [0.3, 0.4) is 0 Å². The molecule has 0 atom stereocenters. The van der Waals surface area contributed by atoms with E-state index in [0.717, 1.165) is 11.4 Å². The molecular formula is C21H26N4O5S2. The predicted molar refractivity (Wildman–Crippen MR) is 128 cm³/mol. The highest BCUT2D eigenvalue weighted by atomic mass is 32.2. The summed E-state index contributed by atoms with van der Waals surface area (Å²) < 4.78 is 35.2.